The second kappa shape index (κ2) is 8.81. The molecule has 150 valence electrons. The molecule has 0 aliphatic heterocycles. The van der Waals surface area contributed by atoms with E-state index in [0.717, 1.165) is 5.56 Å². The zero-order valence-corrected chi connectivity index (χ0v) is 15.8. The molecule has 0 spiro atoms. The fourth-order valence-electron chi connectivity index (χ4n) is 2.59. The number of hydrogen-bond acceptors (Lipinski definition) is 4. The molecule has 2 aromatic rings. The van der Waals surface area contributed by atoms with E-state index in [-0.39, 0.29) is 24.6 Å². The van der Waals surface area contributed by atoms with Crippen LogP contribution in [0.5, 0.6) is 0 Å². The number of rotatable bonds is 6. The fourth-order valence-corrected chi connectivity index (χ4v) is 2.59. The van der Waals surface area contributed by atoms with E-state index in [9.17, 15) is 22.8 Å². The standard InChI is InChI=1S/C19H21F3N4O2/c1-13-6-15(10-23-8-13)17(27)25(3)4-5-26(12-19(20,21)22)18(28)16-7-14(2)9-24-11-16/h6-11H,4-5,12H2,1-3H3. The summed E-state index contributed by atoms with van der Waals surface area (Å²) in [5, 5.41) is 0. The quantitative estimate of drug-likeness (QED) is 0.756. The van der Waals surface area contributed by atoms with E-state index in [1.807, 2.05) is 0 Å². The Morgan fingerprint density at radius 3 is 1.86 bits per heavy atom. The number of amides is 2. The lowest BCUT2D eigenvalue weighted by atomic mass is 10.2. The van der Waals surface area contributed by atoms with Gasteiger partial charge in [-0.2, -0.15) is 13.2 Å². The number of carbonyl (C=O) groups excluding carboxylic acids is 2. The number of hydrogen-bond donors (Lipinski definition) is 0. The van der Waals surface area contributed by atoms with Crippen LogP contribution in [0.25, 0.3) is 0 Å². The highest BCUT2D eigenvalue weighted by molar-refractivity contribution is 5.95. The molecule has 9 heteroatoms. The molecular weight excluding hydrogens is 373 g/mol. The van der Waals surface area contributed by atoms with Crippen molar-refractivity contribution < 1.29 is 22.8 Å². The first-order valence-corrected chi connectivity index (χ1v) is 8.51. The lowest BCUT2D eigenvalue weighted by Crippen LogP contribution is -2.44. The molecule has 0 aliphatic carbocycles. The maximum absolute atomic E-state index is 13.0. The van der Waals surface area contributed by atoms with Crippen LogP contribution in [0.1, 0.15) is 31.8 Å². The molecule has 6 nitrogen and oxygen atoms in total. The van der Waals surface area contributed by atoms with Crippen LogP contribution in [-0.2, 0) is 0 Å². The number of alkyl halides is 3. The molecule has 0 saturated heterocycles. The van der Waals surface area contributed by atoms with Crippen molar-refractivity contribution in [2.24, 2.45) is 0 Å². The second-order valence-corrected chi connectivity index (χ2v) is 6.57. The average Bonchev–Trinajstić information content (AvgIpc) is 2.62. The summed E-state index contributed by atoms with van der Waals surface area (Å²) in [6.07, 6.45) is 1.16. The van der Waals surface area contributed by atoms with Gasteiger partial charge in [0.25, 0.3) is 11.8 Å². The number of aryl methyl sites for hydroxylation is 2. The van der Waals surface area contributed by atoms with Crippen LogP contribution in [0.3, 0.4) is 0 Å². The number of nitrogens with zero attached hydrogens (tertiary/aromatic N) is 4. The monoisotopic (exact) mass is 394 g/mol. The zero-order valence-electron chi connectivity index (χ0n) is 15.8. The number of carbonyl (C=O) groups is 2. The smallest absolute Gasteiger partial charge is 0.340 e. The molecular formula is C19H21F3N4O2. The predicted octanol–water partition coefficient (Wildman–Crippen LogP) is 2.87. The fraction of sp³-hybridized carbons (Fsp3) is 0.368. The van der Waals surface area contributed by atoms with E-state index >= 15 is 0 Å². The molecule has 0 N–H and O–H groups in total. The number of halogens is 3. The highest BCUT2D eigenvalue weighted by atomic mass is 19.4. The van der Waals surface area contributed by atoms with Gasteiger partial charge in [0.15, 0.2) is 0 Å². The van der Waals surface area contributed by atoms with Gasteiger partial charge in [-0.25, -0.2) is 0 Å². The van der Waals surface area contributed by atoms with Crippen molar-refractivity contribution in [1.82, 2.24) is 19.8 Å². The molecule has 0 atom stereocenters. The zero-order chi connectivity index (χ0) is 20.9. The van der Waals surface area contributed by atoms with Crippen LogP contribution in [0, 0.1) is 13.8 Å². The van der Waals surface area contributed by atoms with Crippen molar-refractivity contribution in [3.8, 4) is 0 Å². The minimum Gasteiger partial charge on any atom is -0.340 e. The van der Waals surface area contributed by atoms with Gasteiger partial charge in [0.1, 0.15) is 6.54 Å². The Bertz CT molecular complexity index is 855. The third kappa shape index (κ3) is 6.04. The maximum Gasteiger partial charge on any atom is 0.406 e. The molecule has 0 bridgehead atoms. The van der Waals surface area contributed by atoms with Crippen LogP contribution in [0.15, 0.2) is 36.9 Å². The van der Waals surface area contributed by atoms with Crippen molar-refractivity contribution in [3.63, 3.8) is 0 Å². The lowest BCUT2D eigenvalue weighted by molar-refractivity contribution is -0.140. The summed E-state index contributed by atoms with van der Waals surface area (Å²) in [5.41, 5.74) is 1.86. The first kappa shape index (κ1) is 21.3. The normalized spacial score (nSPS) is 11.2. The van der Waals surface area contributed by atoms with Gasteiger partial charge in [0.2, 0.25) is 0 Å². The predicted molar refractivity (Wildman–Crippen MR) is 96.9 cm³/mol. The minimum atomic E-state index is -4.56. The van der Waals surface area contributed by atoms with E-state index in [2.05, 4.69) is 9.97 Å². The van der Waals surface area contributed by atoms with Crippen LogP contribution < -0.4 is 0 Å². The van der Waals surface area contributed by atoms with Crippen LogP contribution in [0.2, 0.25) is 0 Å². The van der Waals surface area contributed by atoms with Gasteiger partial charge in [-0.05, 0) is 37.1 Å². The Kier molecular flexibility index (Phi) is 6.71. The van der Waals surface area contributed by atoms with E-state index in [0.29, 0.717) is 16.0 Å². The number of likely N-dealkylation sites (N-methyl/N-ethyl adjacent to an activating group) is 1. The number of aromatic nitrogens is 2. The summed E-state index contributed by atoms with van der Waals surface area (Å²) >= 11 is 0. The van der Waals surface area contributed by atoms with E-state index < -0.39 is 18.6 Å². The van der Waals surface area contributed by atoms with Crippen molar-refractivity contribution >= 4 is 11.8 Å². The van der Waals surface area contributed by atoms with Gasteiger partial charge < -0.3 is 9.80 Å². The summed E-state index contributed by atoms with van der Waals surface area (Å²) in [4.78, 5) is 34.7. The Morgan fingerprint density at radius 2 is 1.39 bits per heavy atom. The van der Waals surface area contributed by atoms with Crippen LogP contribution >= 0.6 is 0 Å². The largest absolute Gasteiger partial charge is 0.406 e. The van der Waals surface area contributed by atoms with E-state index in [1.165, 1.54) is 36.6 Å². The van der Waals surface area contributed by atoms with Gasteiger partial charge >= 0.3 is 6.18 Å². The van der Waals surface area contributed by atoms with Gasteiger partial charge in [-0.15, -0.1) is 0 Å². The second-order valence-electron chi connectivity index (χ2n) is 6.57. The van der Waals surface area contributed by atoms with Crippen molar-refractivity contribution in [3.05, 3.63) is 59.2 Å². The summed E-state index contributed by atoms with van der Waals surface area (Å²) in [6.45, 7) is 1.74. The molecule has 0 unspecified atom stereocenters. The van der Waals surface area contributed by atoms with Crippen molar-refractivity contribution in [2.75, 3.05) is 26.7 Å². The van der Waals surface area contributed by atoms with Gasteiger partial charge in [-0.1, -0.05) is 0 Å². The highest BCUT2D eigenvalue weighted by Gasteiger charge is 2.33. The van der Waals surface area contributed by atoms with E-state index in [1.54, 1.807) is 26.1 Å². The molecule has 0 aliphatic rings. The Balaban J connectivity index is 2.12. The molecule has 2 rings (SSSR count). The van der Waals surface area contributed by atoms with Gasteiger partial charge in [0, 0.05) is 44.9 Å². The first-order chi connectivity index (χ1) is 13.1. The third-order valence-electron chi connectivity index (χ3n) is 3.95. The van der Waals surface area contributed by atoms with Gasteiger partial charge in [0.05, 0.1) is 11.1 Å². The topological polar surface area (TPSA) is 66.4 Å². The van der Waals surface area contributed by atoms with Crippen molar-refractivity contribution in [2.45, 2.75) is 20.0 Å². The molecule has 0 saturated carbocycles. The van der Waals surface area contributed by atoms with Crippen LogP contribution in [0.4, 0.5) is 13.2 Å². The molecule has 2 heterocycles. The SMILES string of the molecule is Cc1cncc(C(=O)N(C)CCN(CC(F)(F)F)C(=O)c2cncc(C)c2)c1. The summed E-state index contributed by atoms with van der Waals surface area (Å²) < 4.78 is 38.9. The molecule has 2 aromatic heterocycles. The Labute approximate surface area is 161 Å². The summed E-state index contributed by atoms with van der Waals surface area (Å²) in [7, 11) is 1.47. The summed E-state index contributed by atoms with van der Waals surface area (Å²) in [6, 6.07) is 3.12. The van der Waals surface area contributed by atoms with Crippen molar-refractivity contribution in [1.29, 1.82) is 0 Å². The third-order valence-corrected chi connectivity index (χ3v) is 3.95. The highest BCUT2D eigenvalue weighted by Crippen LogP contribution is 2.18. The Hall–Kier alpha value is -2.97. The summed E-state index contributed by atoms with van der Waals surface area (Å²) in [5.74, 6) is -1.17. The Morgan fingerprint density at radius 1 is 0.893 bits per heavy atom. The molecule has 0 fully saturated rings. The molecule has 0 aromatic carbocycles. The maximum atomic E-state index is 13.0. The number of pyridine rings is 2. The van der Waals surface area contributed by atoms with E-state index in [4.69, 9.17) is 0 Å². The lowest BCUT2D eigenvalue weighted by Gasteiger charge is -2.27. The van der Waals surface area contributed by atoms with Gasteiger partial charge in [-0.3, -0.25) is 19.6 Å². The molecule has 28 heavy (non-hydrogen) atoms. The van der Waals surface area contributed by atoms with Crippen LogP contribution in [-0.4, -0.2) is 64.4 Å². The minimum absolute atomic E-state index is 0.0617. The molecule has 2 amide bonds. The average molecular weight is 394 g/mol. The molecule has 0 radical (unpaired) electrons. The first-order valence-electron chi connectivity index (χ1n) is 8.51.